The maximum Gasteiger partial charge on any atom is 0.472 e. The fraction of sp³-hybridized carbons (Fsp3) is 0.956. The van der Waals surface area contributed by atoms with Gasteiger partial charge in [-0.15, -0.1) is 0 Å². The van der Waals surface area contributed by atoms with E-state index in [0.29, 0.717) is 25.7 Å². The van der Waals surface area contributed by atoms with Gasteiger partial charge in [-0.25, -0.2) is 9.13 Å². The molecule has 0 fully saturated rings. The van der Waals surface area contributed by atoms with E-state index in [-0.39, 0.29) is 25.7 Å². The topological polar surface area (TPSA) is 237 Å². The summed E-state index contributed by atoms with van der Waals surface area (Å²) in [5.41, 5.74) is 0. The number of hydrogen-bond acceptors (Lipinski definition) is 15. The van der Waals surface area contributed by atoms with Gasteiger partial charge < -0.3 is 33.8 Å². The van der Waals surface area contributed by atoms with Crippen LogP contribution in [0.5, 0.6) is 0 Å². The summed E-state index contributed by atoms with van der Waals surface area (Å²) in [5, 5.41) is 10.7. The van der Waals surface area contributed by atoms with Crippen LogP contribution in [0, 0.1) is 17.8 Å². The van der Waals surface area contributed by atoms with E-state index in [9.17, 15) is 43.2 Å². The zero-order chi connectivity index (χ0) is 80.8. The first kappa shape index (κ1) is 108. The largest absolute Gasteiger partial charge is 0.472 e. The van der Waals surface area contributed by atoms with Gasteiger partial charge in [0, 0.05) is 25.7 Å². The number of phosphoric acid groups is 2. The van der Waals surface area contributed by atoms with Gasteiger partial charge in [-0.05, 0) is 43.4 Å². The summed E-state index contributed by atoms with van der Waals surface area (Å²) in [4.78, 5) is 73.4. The molecule has 0 aliphatic heterocycles. The third-order valence-electron chi connectivity index (χ3n) is 21.4. The standard InChI is InChI=1S/C91H178O17P2/c1-8-9-10-11-12-13-14-15-16-17-18-19-23-26-32-37-44-51-58-65-72-88(93)101-78-86(107-90(95)74-67-60-53-45-38-33-27-24-21-20-22-25-30-35-41-48-55-62-69-82(2)3)80-105-109(97,98)103-76-85(92)77-104-110(99,100)106-81-87(79-102-89(94)73-66-59-52-47-40-43-50-57-64-71-84(6)7)108-91(96)75-68-61-54-46-39-34-29-28-31-36-42-49-56-63-70-83(4)5/h82-87,92H,8-81H2,1-7H3,(H,97,98)(H,99,100)/t85-,86-,87-/m1/s1. The van der Waals surface area contributed by atoms with E-state index in [0.717, 1.165) is 108 Å². The van der Waals surface area contributed by atoms with Crippen molar-refractivity contribution in [2.45, 2.75) is 503 Å². The van der Waals surface area contributed by atoms with Gasteiger partial charge in [0.2, 0.25) is 0 Å². The zero-order valence-electron chi connectivity index (χ0n) is 72.7. The highest BCUT2D eigenvalue weighted by Crippen LogP contribution is 2.45. The lowest BCUT2D eigenvalue weighted by Crippen LogP contribution is -2.30. The first-order valence-electron chi connectivity index (χ1n) is 46.8. The van der Waals surface area contributed by atoms with Crippen molar-refractivity contribution in [3.63, 3.8) is 0 Å². The molecule has 0 amide bonds. The van der Waals surface area contributed by atoms with Crippen molar-refractivity contribution < 1.29 is 80.2 Å². The fourth-order valence-electron chi connectivity index (χ4n) is 14.3. The van der Waals surface area contributed by atoms with Gasteiger partial charge in [0.05, 0.1) is 26.4 Å². The monoisotopic (exact) mass is 1610 g/mol. The molecule has 0 aromatic heterocycles. The Morgan fingerprint density at radius 2 is 0.418 bits per heavy atom. The van der Waals surface area contributed by atoms with Crippen molar-refractivity contribution >= 4 is 39.5 Å². The van der Waals surface area contributed by atoms with Crippen LogP contribution >= 0.6 is 15.6 Å². The van der Waals surface area contributed by atoms with Crippen LogP contribution in [0.4, 0.5) is 0 Å². The van der Waals surface area contributed by atoms with E-state index in [2.05, 4.69) is 48.5 Å². The second-order valence-electron chi connectivity index (χ2n) is 34.1. The summed E-state index contributed by atoms with van der Waals surface area (Å²) in [7, 11) is -9.94. The molecule has 654 valence electrons. The summed E-state index contributed by atoms with van der Waals surface area (Å²) in [5.74, 6) is 0.261. The molecule has 0 aliphatic carbocycles. The van der Waals surface area contributed by atoms with Crippen LogP contribution in [0.25, 0.3) is 0 Å². The van der Waals surface area contributed by atoms with Crippen LogP contribution in [0.1, 0.15) is 485 Å². The van der Waals surface area contributed by atoms with E-state index >= 15 is 0 Å². The summed E-state index contributed by atoms with van der Waals surface area (Å²) >= 11 is 0. The Labute approximate surface area is 677 Å². The number of unbranched alkanes of at least 4 members (excludes halogenated alkanes) is 57. The Morgan fingerprint density at radius 1 is 0.245 bits per heavy atom. The van der Waals surface area contributed by atoms with Crippen molar-refractivity contribution in [1.82, 2.24) is 0 Å². The van der Waals surface area contributed by atoms with Crippen molar-refractivity contribution in [3.05, 3.63) is 0 Å². The van der Waals surface area contributed by atoms with E-state index in [1.165, 1.54) is 295 Å². The normalized spacial score (nSPS) is 13.8. The molecule has 5 atom stereocenters. The summed E-state index contributed by atoms with van der Waals surface area (Å²) < 4.78 is 69.1. The van der Waals surface area contributed by atoms with Crippen LogP contribution in [0.2, 0.25) is 0 Å². The average molecular weight is 1610 g/mol. The third kappa shape index (κ3) is 84.0. The highest BCUT2D eigenvalue weighted by Gasteiger charge is 2.31. The van der Waals surface area contributed by atoms with Gasteiger partial charge in [-0.1, -0.05) is 434 Å². The molecule has 2 unspecified atom stereocenters. The van der Waals surface area contributed by atoms with Crippen LogP contribution < -0.4 is 0 Å². The van der Waals surface area contributed by atoms with E-state index < -0.39 is 97.5 Å². The van der Waals surface area contributed by atoms with Crippen LogP contribution in [0.3, 0.4) is 0 Å². The number of rotatable bonds is 89. The molecule has 17 nitrogen and oxygen atoms in total. The van der Waals surface area contributed by atoms with Gasteiger partial charge in [-0.3, -0.25) is 37.3 Å². The number of phosphoric ester groups is 2. The number of carbonyl (C=O) groups is 4. The van der Waals surface area contributed by atoms with Crippen molar-refractivity contribution in [3.8, 4) is 0 Å². The second-order valence-corrected chi connectivity index (χ2v) is 37.0. The maximum absolute atomic E-state index is 13.2. The molecule has 0 bridgehead atoms. The maximum atomic E-state index is 13.2. The van der Waals surface area contributed by atoms with E-state index in [1.807, 2.05) is 0 Å². The molecule has 0 rings (SSSR count). The highest BCUT2D eigenvalue weighted by atomic mass is 31.2. The molecule has 0 heterocycles. The molecule has 19 heteroatoms. The van der Waals surface area contributed by atoms with Crippen molar-refractivity contribution in [2.75, 3.05) is 39.6 Å². The van der Waals surface area contributed by atoms with Gasteiger partial charge in [-0.2, -0.15) is 0 Å². The Kier molecular flexibility index (Phi) is 79.4. The molecule has 0 saturated heterocycles. The number of hydrogen-bond donors (Lipinski definition) is 3. The molecule has 0 saturated carbocycles. The molecule has 3 N–H and O–H groups in total. The predicted molar refractivity (Wildman–Crippen MR) is 455 cm³/mol. The second kappa shape index (κ2) is 80.8. The highest BCUT2D eigenvalue weighted by molar-refractivity contribution is 7.47. The molecule has 0 aliphatic rings. The number of carbonyl (C=O) groups excluding carboxylic acids is 4. The Balaban J connectivity index is 5.25. The van der Waals surface area contributed by atoms with Crippen molar-refractivity contribution in [2.24, 2.45) is 17.8 Å². The SMILES string of the molecule is CCCCCCCCCCCCCCCCCCCCCCC(=O)OC[C@H](COP(=O)(O)OC[C@@H](O)COP(=O)(O)OC[C@@H](COC(=O)CCCCCCCCCCCC(C)C)OC(=O)CCCCCCCCCCCCCCCCC(C)C)OC(=O)CCCCCCCCCCCCCCCCCCCCC(C)C. The molecule has 110 heavy (non-hydrogen) atoms. The zero-order valence-corrected chi connectivity index (χ0v) is 74.5. The molecular formula is C91H178O17P2. The molecule has 0 aromatic rings. The Bertz CT molecular complexity index is 2110. The minimum atomic E-state index is -4.97. The molecule has 0 aromatic carbocycles. The molecule has 0 spiro atoms. The van der Waals surface area contributed by atoms with Gasteiger partial charge in [0.15, 0.2) is 12.2 Å². The predicted octanol–water partition coefficient (Wildman–Crippen LogP) is 28.0. The average Bonchev–Trinajstić information content (AvgIpc) is 0.899. The van der Waals surface area contributed by atoms with Gasteiger partial charge in [0.25, 0.3) is 0 Å². The van der Waals surface area contributed by atoms with Crippen LogP contribution in [0.15, 0.2) is 0 Å². The van der Waals surface area contributed by atoms with E-state index in [1.54, 1.807) is 0 Å². The first-order valence-corrected chi connectivity index (χ1v) is 49.8. The third-order valence-corrected chi connectivity index (χ3v) is 23.3. The quantitative estimate of drug-likeness (QED) is 0.0222. The lowest BCUT2D eigenvalue weighted by atomic mass is 10.0. The number of ether oxygens (including phenoxy) is 4. The summed E-state index contributed by atoms with van der Waals surface area (Å²) in [6.07, 6.45) is 73.7. The number of esters is 4. The van der Waals surface area contributed by atoms with Crippen molar-refractivity contribution in [1.29, 1.82) is 0 Å². The Hall–Kier alpha value is -1.94. The lowest BCUT2D eigenvalue weighted by molar-refractivity contribution is -0.161. The van der Waals surface area contributed by atoms with Gasteiger partial charge >= 0.3 is 39.5 Å². The number of aliphatic hydroxyl groups is 1. The Morgan fingerprint density at radius 3 is 0.618 bits per heavy atom. The minimum absolute atomic E-state index is 0.107. The molecule has 0 radical (unpaired) electrons. The smallest absolute Gasteiger partial charge is 0.462 e. The van der Waals surface area contributed by atoms with Crippen LogP contribution in [-0.2, 0) is 65.4 Å². The minimum Gasteiger partial charge on any atom is -0.462 e. The summed E-state index contributed by atoms with van der Waals surface area (Å²) in [6.45, 7) is 12.0. The van der Waals surface area contributed by atoms with Gasteiger partial charge in [0.1, 0.15) is 19.3 Å². The number of aliphatic hydroxyl groups excluding tert-OH is 1. The fourth-order valence-corrected chi connectivity index (χ4v) is 15.8. The first-order chi connectivity index (χ1) is 53.2. The van der Waals surface area contributed by atoms with E-state index in [4.69, 9.17) is 37.0 Å². The lowest BCUT2D eigenvalue weighted by Gasteiger charge is -2.21. The molecular weight excluding hydrogens is 1430 g/mol. The summed E-state index contributed by atoms with van der Waals surface area (Å²) in [6, 6.07) is 0. The van der Waals surface area contributed by atoms with Crippen LogP contribution in [-0.4, -0.2) is 96.7 Å².